The van der Waals surface area contributed by atoms with Gasteiger partial charge in [0.15, 0.2) is 11.2 Å². The molecular formula is C37H40F3N3O7. The minimum Gasteiger partial charge on any atom is -0.489 e. The summed E-state index contributed by atoms with van der Waals surface area (Å²) in [7, 11) is 0. The van der Waals surface area contributed by atoms with Crippen LogP contribution in [-0.2, 0) is 38.4 Å². The third-order valence-electron chi connectivity index (χ3n) is 7.51. The van der Waals surface area contributed by atoms with E-state index in [4.69, 9.17) is 14.2 Å². The lowest BCUT2D eigenvalue weighted by molar-refractivity contribution is -0.186. The zero-order valence-electron chi connectivity index (χ0n) is 29.0. The van der Waals surface area contributed by atoms with Crippen molar-refractivity contribution in [3.8, 4) is 5.75 Å². The van der Waals surface area contributed by atoms with Gasteiger partial charge in [0.25, 0.3) is 5.56 Å². The van der Waals surface area contributed by atoms with Gasteiger partial charge in [-0.25, -0.2) is 4.68 Å². The molecule has 13 heteroatoms. The van der Waals surface area contributed by atoms with Crippen molar-refractivity contribution >= 4 is 28.6 Å². The fraction of sp³-hybridized carbons (Fsp3) is 0.405. The normalized spacial score (nSPS) is 12.4. The first-order valence-electron chi connectivity index (χ1n) is 15.9. The van der Waals surface area contributed by atoms with E-state index < -0.39 is 58.1 Å². The van der Waals surface area contributed by atoms with Crippen LogP contribution in [0.2, 0.25) is 0 Å². The summed E-state index contributed by atoms with van der Waals surface area (Å²) in [6.45, 7) is 11.1. The molecule has 4 aromatic rings. The van der Waals surface area contributed by atoms with Gasteiger partial charge in [-0.3, -0.25) is 19.2 Å². The number of ketones is 1. The molecule has 0 amide bonds. The Labute approximate surface area is 287 Å². The van der Waals surface area contributed by atoms with Crippen LogP contribution in [0.15, 0.2) is 71.5 Å². The Morgan fingerprint density at radius 1 is 0.820 bits per heavy atom. The maximum atomic E-state index is 14.0. The second-order valence-corrected chi connectivity index (χ2v) is 14.1. The van der Waals surface area contributed by atoms with Gasteiger partial charge in [-0.2, -0.15) is 13.2 Å². The van der Waals surface area contributed by atoms with Crippen LogP contribution in [0.3, 0.4) is 0 Å². The molecule has 1 aromatic heterocycles. The topological polar surface area (TPSA) is 127 Å². The van der Waals surface area contributed by atoms with Crippen molar-refractivity contribution in [3.63, 3.8) is 0 Å². The molecule has 0 aliphatic rings. The van der Waals surface area contributed by atoms with Crippen molar-refractivity contribution < 1.29 is 41.8 Å². The predicted molar refractivity (Wildman–Crippen MR) is 178 cm³/mol. The lowest BCUT2D eigenvalue weighted by Crippen LogP contribution is -2.49. The molecule has 50 heavy (non-hydrogen) atoms. The molecule has 10 nitrogen and oxygen atoms in total. The summed E-state index contributed by atoms with van der Waals surface area (Å²) in [5.74, 6) is -2.36. The van der Waals surface area contributed by atoms with Gasteiger partial charge in [0.2, 0.25) is 0 Å². The summed E-state index contributed by atoms with van der Waals surface area (Å²) in [5, 5.41) is 8.41. The Morgan fingerprint density at radius 2 is 1.44 bits per heavy atom. The smallest absolute Gasteiger partial charge is 0.416 e. The highest BCUT2D eigenvalue weighted by Gasteiger charge is 2.52. The number of aromatic nitrogens is 3. The molecule has 4 rings (SSSR count). The number of Topliss-reactive ketones (excluding diaryl/α,β-unsaturated/α-hetero) is 1. The summed E-state index contributed by atoms with van der Waals surface area (Å²) < 4.78 is 57.4. The predicted octanol–water partition coefficient (Wildman–Crippen LogP) is 7.03. The van der Waals surface area contributed by atoms with E-state index in [1.807, 2.05) is 6.92 Å². The van der Waals surface area contributed by atoms with Gasteiger partial charge in [0.1, 0.15) is 29.1 Å². The van der Waals surface area contributed by atoms with Crippen LogP contribution in [0.5, 0.6) is 5.75 Å². The third kappa shape index (κ3) is 9.54. The molecule has 0 unspecified atom stereocenters. The first-order valence-corrected chi connectivity index (χ1v) is 15.9. The van der Waals surface area contributed by atoms with E-state index in [1.54, 1.807) is 59.7 Å². The van der Waals surface area contributed by atoms with Gasteiger partial charge in [-0.15, -0.1) is 5.10 Å². The van der Waals surface area contributed by atoms with Crippen LogP contribution in [-0.4, -0.2) is 43.9 Å². The molecule has 0 N–H and O–H groups in total. The molecule has 0 bridgehead atoms. The number of halogens is 3. The quantitative estimate of drug-likeness (QED) is 0.0923. The van der Waals surface area contributed by atoms with Gasteiger partial charge < -0.3 is 14.2 Å². The van der Waals surface area contributed by atoms with Crippen LogP contribution in [0.4, 0.5) is 13.2 Å². The molecule has 0 saturated heterocycles. The van der Waals surface area contributed by atoms with Crippen LogP contribution >= 0.6 is 0 Å². The van der Waals surface area contributed by atoms with Crippen LogP contribution in [0.25, 0.3) is 10.9 Å². The Morgan fingerprint density at radius 3 is 2.02 bits per heavy atom. The van der Waals surface area contributed by atoms with Gasteiger partial charge in [-0.05, 0) is 109 Å². The highest BCUT2D eigenvalue weighted by molar-refractivity contribution is 6.07. The van der Waals surface area contributed by atoms with E-state index >= 15 is 0 Å². The molecule has 0 spiro atoms. The molecule has 266 valence electrons. The Kier molecular flexibility index (Phi) is 10.9. The summed E-state index contributed by atoms with van der Waals surface area (Å²) in [5.41, 5.74) is -3.98. The summed E-state index contributed by atoms with van der Waals surface area (Å²) in [4.78, 5) is 55.2. The second-order valence-electron chi connectivity index (χ2n) is 14.1. The summed E-state index contributed by atoms with van der Waals surface area (Å²) >= 11 is 0. The molecule has 1 heterocycles. The van der Waals surface area contributed by atoms with Gasteiger partial charge in [0.05, 0.1) is 10.9 Å². The lowest BCUT2D eigenvalue weighted by Gasteiger charge is -2.34. The maximum absolute atomic E-state index is 14.0. The minimum atomic E-state index is -4.50. The molecule has 0 aliphatic carbocycles. The van der Waals surface area contributed by atoms with E-state index in [0.717, 1.165) is 22.4 Å². The molecule has 0 fully saturated rings. The number of rotatable bonds is 11. The average Bonchev–Trinajstić information content (AvgIpc) is 3.01. The van der Waals surface area contributed by atoms with Crippen molar-refractivity contribution in [1.29, 1.82) is 0 Å². The molecule has 0 aliphatic heterocycles. The average molecular weight is 696 g/mol. The van der Waals surface area contributed by atoms with Crippen molar-refractivity contribution in [2.24, 2.45) is 5.41 Å². The number of alkyl halides is 3. The molecule has 0 saturated carbocycles. The largest absolute Gasteiger partial charge is 0.489 e. The molecular weight excluding hydrogens is 655 g/mol. The highest BCUT2D eigenvalue weighted by Crippen LogP contribution is 2.36. The van der Waals surface area contributed by atoms with E-state index in [1.165, 1.54) is 36.4 Å². The maximum Gasteiger partial charge on any atom is 0.416 e. The number of aryl methyl sites for hydroxylation is 2. The number of benzene rings is 3. The number of carbonyl (C=O) groups excluding carboxylic acids is 3. The lowest BCUT2D eigenvalue weighted by atomic mass is 9.78. The Balaban J connectivity index is 1.65. The van der Waals surface area contributed by atoms with Crippen LogP contribution < -0.4 is 10.3 Å². The van der Waals surface area contributed by atoms with Gasteiger partial charge >= 0.3 is 18.1 Å². The monoisotopic (exact) mass is 695 g/mol. The van der Waals surface area contributed by atoms with E-state index in [2.05, 4.69) is 10.3 Å². The van der Waals surface area contributed by atoms with Crippen molar-refractivity contribution in [1.82, 2.24) is 15.0 Å². The highest BCUT2D eigenvalue weighted by atomic mass is 19.4. The van der Waals surface area contributed by atoms with Gasteiger partial charge in [0, 0.05) is 18.5 Å². The van der Waals surface area contributed by atoms with E-state index in [9.17, 15) is 32.3 Å². The zero-order chi connectivity index (χ0) is 37.1. The second kappa shape index (κ2) is 14.4. The Hall–Kier alpha value is -5.07. The standard InChI is InChI=1S/C37H40F3N3O7/c1-23-11-16-29-28(19-23)31(45)43(42-41-29)18-17-36(32(46)49-34(2,3)4,33(47)50-35(5,6)7)21-30(44)25-12-14-27(15-13-25)48-22-24-9-8-10-26(20-24)37(38,39)40/h8-16,19-20H,17-18,21-22H2,1-7H3. The number of nitrogens with zero attached hydrogens (tertiary/aromatic N) is 3. The number of hydrogen-bond acceptors (Lipinski definition) is 9. The van der Waals surface area contributed by atoms with Crippen molar-refractivity contribution in [2.45, 2.75) is 91.8 Å². The van der Waals surface area contributed by atoms with Crippen molar-refractivity contribution in [3.05, 3.63) is 99.3 Å². The Bertz CT molecular complexity index is 1910. The number of carbonyl (C=O) groups is 3. The first kappa shape index (κ1) is 37.7. The van der Waals surface area contributed by atoms with E-state index in [-0.39, 0.29) is 30.9 Å². The first-order chi connectivity index (χ1) is 23.2. The molecule has 0 atom stereocenters. The number of ether oxygens (including phenoxy) is 3. The summed E-state index contributed by atoms with van der Waals surface area (Å²) in [6, 6.07) is 15.6. The van der Waals surface area contributed by atoms with Crippen LogP contribution in [0.1, 0.15) is 81.4 Å². The van der Waals surface area contributed by atoms with Gasteiger partial charge in [-0.1, -0.05) is 29.0 Å². The number of fused-ring (bicyclic) bond motifs is 1. The number of esters is 2. The molecule has 0 radical (unpaired) electrons. The third-order valence-corrected chi connectivity index (χ3v) is 7.51. The van der Waals surface area contributed by atoms with Crippen molar-refractivity contribution in [2.75, 3.05) is 0 Å². The summed E-state index contributed by atoms with van der Waals surface area (Å²) in [6.07, 6.45) is -5.55. The van der Waals surface area contributed by atoms with Crippen LogP contribution in [0, 0.1) is 12.3 Å². The minimum absolute atomic E-state index is 0.117. The fourth-order valence-electron chi connectivity index (χ4n) is 5.02. The fourth-order valence-corrected chi connectivity index (χ4v) is 5.02. The zero-order valence-corrected chi connectivity index (χ0v) is 29.0. The number of hydrogen-bond donors (Lipinski definition) is 0. The molecule has 3 aromatic carbocycles. The van der Waals surface area contributed by atoms with E-state index in [0.29, 0.717) is 16.5 Å². The SMILES string of the molecule is Cc1ccc2nnn(CCC(CC(=O)c3ccc(OCc4cccc(C(F)(F)F)c4)cc3)(C(=O)OC(C)(C)C)C(=O)OC(C)(C)C)c(=O)c2c1.